The van der Waals surface area contributed by atoms with Gasteiger partial charge in [0.25, 0.3) is 5.89 Å². The minimum atomic E-state index is -0.552. The fourth-order valence-corrected chi connectivity index (χ4v) is 2.47. The van der Waals surface area contributed by atoms with Crippen LogP contribution in [-0.2, 0) is 26.2 Å². The summed E-state index contributed by atoms with van der Waals surface area (Å²) < 4.78 is 24.2. The predicted molar refractivity (Wildman–Crippen MR) is 86.1 cm³/mol. The molecule has 0 amide bonds. The summed E-state index contributed by atoms with van der Waals surface area (Å²) in [6.07, 6.45) is 0.532. The Kier molecular flexibility index (Phi) is 5.37. The lowest BCUT2D eigenvalue weighted by atomic mass is 10.1. The van der Waals surface area contributed by atoms with E-state index in [2.05, 4.69) is 10.1 Å². The number of aliphatic hydroxyl groups excluding tert-OH is 2. The third-order valence-electron chi connectivity index (χ3n) is 3.60. The van der Waals surface area contributed by atoms with Crippen molar-refractivity contribution in [3.8, 4) is 5.75 Å². The number of hydrogen-bond donors (Lipinski definition) is 2. The first-order chi connectivity index (χ1) is 12.2. The minimum Gasteiger partial charge on any atom is -0.483 e. The van der Waals surface area contributed by atoms with Crippen molar-refractivity contribution in [2.24, 2.45) is 0 Å². The van der Waals surface area contributed by atoms with E-state index in [4.69, 9.17) is 9.26 Å². The van der Waals surface area contributed by atoms with E-state index in [0.717, 1.165) is 17.7 Å². The van der Waals surface area contributed by atoms with Crippen molar-refractivity contribution in [3.63, 3.8) is 0 Å². The molecule has 2 aromatic carbocycles. The second-order valence-corrected chi connectivity index (χ2v) is 5.42. The van der Waals surface area contributed by atoms with Gasteiger partial charge in [0.2, 0.25) is 0 Å². The van der Waals surface area contributed by atoms with Gasteiger partial charge in [0.15, 0.2) is 12.4 Å². The third-order valence-corrected chi connectivity index (χ3v) is 3.60. The van der Waals surface area contributed by atoms with Crippen LogP contribution in [0.2, 0.25) is 0 Å². The normalized spacial score (nSPS) is 10.8. The maximum Gasteiger partial charge on any atom is 0.264 e. The average molecular weight is 344 g/mol. The zero-order valence-corrected chi connectivity index (χ0v) is 13.4. The molecule has 0 unspecified atom stereocenters. The van der Waals surface area contributed by atoms with Crippen molar-refractivity contribution in [2.75, 3.05) is 0 Å². The lowest BCUT2D eigenvalue weighted by Crippen LogP contribution is -2.04. The highest BCUT2D eigenvalue weighted by Gasteiger charge is 2.14. The van der Waals surface area contributed by atoms with Crippen LogP contribution in [0.15, 0.2) is 47.0 Å². The summed E-state index contributed by atoms with van der Waals surface area (Å²) in [5, 5.41) is 22.6. The summed E-state index contributed by atoms with van der Waals surface area (Å²) >= 11 is 0. The first-order valence-electron chi connectivity index (χ1n) is 7.70. The Bertz CT molecular complexity index is 811. The van der Waals surface area contributed by atoms with Gasteiger partial charge in [-0.05, 0) is 17.7 Å². The van der Waals surface area contributed by atoms with E-state index >= 15 is 0 Å². The molecular formula is C18H17FN2O4. The van der Waals surface area contributed by atoms with E-state index in [1.54, 1.807) is 0 Å². The van der Waals surface area contributed by atoms with Gasteiger partial charge >= 0.3 is 0 Å². The van der Waals surface area contributed by atoms with Crippen molar-refractivity contribution >= 4 is 0 Å². The summed E-state index contributed by atoms with van der Waals surface area (Å²) in [5.41, 5.74) is 1.54. The minimum absolute atomic E-state index is 0.0482. The van der Waals surface area contributed by atoms with Gasteiger partial charge in [0.05, 0.1) is 13.2 Å². The Morgan fingerprint density at radius 1 is 1.04 bits per heavy atom. The number of hydrogen-bond acceptors (Lipinski definition) is 6. The first kappa shape index (κ1) is 17.1. The summed E-state index contributed by atoms with van der Waals surface area (Å²) in [7, 11) is 0. The molecule has 0 aliphatic carbocycles. The Labute approximate surface area is 143 Å². The zero-order valence-electron chi connectivity index (χ0n) is 13.4. The summed E-state index contributed by atoms with van der Waals surface area (Å²) in [4.78, 5) is 4.25. The second-order valence-electron chi connectivity index (χ2n) is 5.42. The molecule has 3 rings (SSSR count). The Morgan fingerprint density at radius 2 is 1.72 bits per heavy atom. The monoisotopic (exact) mass is 344 g/mol. The first-order valence-corrected chi connectivity index (χ1v) is 7.70. The van der Waals surface area contributed by atoms with E-state index in [9.17, 15) is 14.6 Å². The summed E-state index contributed by atoms with van der Waals surface area (Å²) in [5.74, 6) is 0.439. The SMILES string of the molecule is OCc1cc(F)cc(CO)c1OCc1nc(Cc2ccccc2)no1. The van der Waals surface area contributed by atoms with Gasteiger partial charge in [-0.2, -0.15) is 4.98 Å². The molecule has 0 radical (unpaired) electrons. The van der Waals surface area contributed by atoms with Crippen molar-refractivity contribution < 1.29 is 23.9 Å². The number of nitrogens with zero attached hydrogens (tertiary/aromatic N) is 2. The smallest absolute Gasteiger partial charge is 0.264 e. The molecule has 0 spiro atoms. The van der Waals surface area contributed by atoms with E-state index in [1.807, 2.05) is 30.3 Å². The molecule has 0 aliphatic rings. The molecule has 3 aromatic rings. The number of ether oxygens (including phenoxy) is 1. The van der Waals surface area contributed by atoms with Crippen LogP contribution in [0.5, 0.6) is 5.75 Å². The molecule has 1 aromatic heterocycles. The lowest BCUT2D eigenvalue weighted by molar-refractivity contribution is 0.216. The van der Waals surface area contributed by atoms with Gasteiger partial charge in [0, 0.05) is 17.5 Å². The van der Waals surface area contributed by atoms with E-state index in [0.29, 0.717) is 12.2 Å². The quantitative estimate of drug-likeness (QED) is 0.684. The van der Waals surface area contributed by atoms with Gasteiger partial charge in [-0.15, -0.1) is 0 Å². The predicted octanol–water partition coefficient (Wildman–Crippen LogP) is 2.36. The molecule has 0 aliphatic heterocycles. The molecule has 6 nitrogen and oxygen atoms in total. The second kappa shape index (κ2) is 7.87. The zero-order chi connectivity index (χ0) is 17.6. The van der Waals surface area contributed by atoms with Gasteiger partial charge in [-0.25, -0.2) is 4.39 Å². The van der Waals surface area contributed by atoms with Crippen molar-refractivity contribution in [1.82, 2.24) is 10.1 Å². The van der Waals surface area contributed by atoms with Gasteiger partial charge in [-0.3, -0.25) is 0 Å². The van der Waals surface area contributed by atoms with Crippen LogP contribution in [0.1, 0.15) is 28.4 Å². The Balaban J connectivity index is 1.70. The molecule has 0 bridgehead atoms. The van der Waals surface area contributed by atoms with Crippen LogP contribution < -0.4 is 4.74 Å². The highest BCUT2D eigenvalue weighted by atomic mass is 19.1. The summed E-state index contributed by atoms with van der Waals surface area (Å²) in [6, 6.07) is 12.0. The van der Waals surface area contributed by atoms with Crippen LogP contribution in [0.3, 0.4) is 0 Å². The summed E-state index contributed by atoms with van der Waals surface area (Å²) in [6.45, 7) is -0.875. The van der Waals surface area contributed by atoms with Gasteiger partial charge in [-0.1, -0.05) is 35.5 Å². The average Bonchev–Trinajstić information content (AvgIpc) is 3.08. The molecule has 0 atom stereocenters. The van der Waals surface area contributed by atoms with E-state index < -0.39 is 19.0 Å². The molecule has 1 heterocycles. The van der Waals surface area contributed by atoms with Gasteiger partial charge in [0.1, 0.15) is 11.6 Å². The largest absolute Gasteiger partial charge is 0.483 e. The molecular weight excluding hydrogens is 327 g/mol. The number of aromatic nitrogens is 2. The standard InChI is InChI=1S/C18H17FN2O4/c19-15-7-13(9-22)18(14(8-15)10-23)24-11-17-20-16(21-25-17)6-12-4-2-1-3-5-12/h1-5,7-8,22-23H,6,9-11H2. The van der Waals surface area contributed by atoms with Crippen LogP contribution in [0.25, 0.3) is 0 Å². The van der Waals surface area contributed by atoms with E-state index in [1.165, 1.54) is 0 Å². The third kappa shape index (κ3) is 4.20. The van der Waals surface area contributed by atoms with E-state index in [-0.39, 0.29) is 29.4 Å². The fraction of sp³-hybridized carbons (Fsp3) is 0.222. The number of benzene rings is 2. The maximum absolute atomic E-state index is 13.4. The maximum atomic E-state index is 13.4. The van der Waals surface area contributed by atoms with Crippen molar-refractivity contribution in [1.29, 1.82) is 0 Å². The van der Waals surface area contributed by atoms with Gasteiger partial charge < -0.3 is 19.5 Å². The molecule has 0 fully saturated rings. The molecule has 7 heteroatoms. The van der Waals surface area contributed by atoms with Crippen LogP contribution in [-0.4, -0.2) is 20.4 Å². The van der Waals surface area contributed by atoms with Crippen molar-refractivity contribution in [3.05, 3.63) is 76.7 Å². The highest BCUT2D eigenvalue weighted by Crippen LogP contribution is 2.27. The van der Waals surface area contributed by atoms with Crippen molar-refractivity contribution in [2.45, 2.75) is 26.2 Å². The van der Waals surface area contributed by atoms with Crippen LogP contribution in [0, 0.1) is 5.82 Å². The molecule has 0 saturated carbocycles. The Hall–Kier alpha value is -2.77. The molecule has 0 saturated heterocycles. The fourth-order valence-electron chi connectivity index (χ4n) is 2.47. The number of rotatable bonds is 7. The highest BCUT2D eigenvalue weighted by molar-refractivity contribution is 5.41. The number of halogens is 1. The topological polar surface area (TPSA) is 88.6 Å². The molecule has 2 N–H and O–H groups in total. The Morgan fingerprint density at radius 3 is 2.36 bits per heavy atom. The molecule has 130 valence electrons. The van der Waals surface area contributed by atoms with Crippen LogP contribution >= 0.6 is 0 Å². The lowest BCUT2D eigenvalue weighted by Gasteiger charge is -2.12. The number of aliphatic hydroxyl groups is 2. The van der Waals surface area contributed by atoms with Crippen LogP contribution in [0.4, 0.5) is 4.39 Å². The molecule has 25 heavy (non-hydrogen) atoms.